The molecule has 1 atom stereocenters. The van der Waals surface area contributed by atoms with E-state index in [1.807, 2.05) is 18.2 Å². The third-order valence-electron chi connectivity index (χ3n) is 5.30. The number of hydrogen-bond donors (Lipinski definition) is 4. The number of guanidine groups is 1. The summed E-state index contributed by atoms with van der Waals surface area (Å²) in [6.07, 6.45) is 2.74. The van der Waals surface area contributed by atoms with Crippen LogP contribution in [0.25, 0.3) is 0 Å². The van der Waals surface area contributed by atoms with Crippen LogP contribution in [0.15, 0.2) is 35.3 Å². The average Bonchev–Trinajstić information content (AvgIpc) is 3.66. The van der Waals surface area contributed by atoms with Gasteiger partial charge in [0, 0.05) is 19.6 Å². The molecule has 1 saturated heterocycles. The lowest BCUT2D eigenvalue weighted by Crippen LogP contribution is -2.49. The Kier molecular flexibility index (Phi) is 17.3. The molecular formula is C27H43FN6O5. The molecule has 1 fully saturated rings. The lowest BCUT2D eigenvalue weighted by molar-refractivity contribution is -0.138. The number of nitrogens with zero attached hydrogens (tertiary/aromatic N) is 2. The van der Waals surface area contributed by atoms with Crippen LogP contribution in [-0.4, -0.2) is 86.5 Å². The van der Waals surface area contributed by atoms with Crippen LogP contribution in [0.2, 0.25) is 0 Å². The van der Waals surface area contributed by atoms with Gasteiger partial charge in [-0.2, -0.15) is 0 Å². The smallest absolute Gasteiger partial charge is 0.407 e. The summed E-state index contributed by atoms with van der Waals surface area (Å²) < 4.78 is 17.2. The summed E-state index contributed by atoms with van der Waals surface area (Å²) in [4.78, 5) is 52.5. The molecule has 2 aliphatic heterocycles. The van der Waals surface area contributed by atoms with Crippen LogP contribution in [0.4, 0.5) is 9.18 Å². The van der Waals surface area contributed by atoms with E-state index in [0.717, 1.165) is 37.6 Å². The third-order valence-corrected chi connectivity index (χ3v) is 5.30. The minimum absolute atomic E-state index is 0.0816. The highest BCUT2D eigenvalue weighted by atomic mass is 19.1. The number of aliphatic imine (C=N–C) groups is 1. The number of amides is 3. The number of Topliss-reactive ketones (excluding diaryl/α,β-unsaturated/α-hetero) is 1. The number of alkyl halides is 1. The Morgan fingerprint density at radius 2 is 1.82 bits per heavy atom. The molecule has 218 valence electrons. The van der Waals surface area contributed by atoms with E-state index >= 15 is 0 Å². The topological polar surface area (TPSA) is 141 Å². The molecule has 4 N–H and O–H groups in total. The van der Waals surface area contributed by atoms with Crippen LogP contribution in [0, 0.1) is 0 Å². The molecule has 39 heavy (non-hydrogen) atoms. The highest BCUT2D eigenvalue weighted by Crippen LogP contribution is 2.17. The van der Waals surface area contributed by atoms with Gasteiger partial charge in [0.2, 0.25) is 11.8 Å². The first-order valence-corrected chi connectivity index (χ1v) is 13.5. The molecule has 2 aliphatic rings. The van der Waals surface area contributed by atoms with E-state index in [9.17, 15) is 23.6 Å². The van der Waals surface area contributed by atoms with Gasteiger partial charge in [0.25, 0.3) is 0 Å². The number of likely N-dealkylation sites (tertiary alicyclic amines) is 1. The summed E-state index contributed by atoms with van der Waals surface area (Å²) in [5, 5.41) is 11.0. The fourth-order valence-electron chi connectivity index (χ4n) is 3.47. The number of ether oxygens (including phenoxy) is 1. The Labute approximate surface area is 230 Å². The van der Waals surface area contributed by atoms with Crippen molar-refractivity contribution in [2.45, 2.75) is 59.1 Å². The van der Waals surface area contributed by atoms with Crippen LogP contribution in [-0.2, 0) is 25.7 Å². The van der Waals surface area contributed by atoms with Gasteiger partial charge in [0.05, 0.1) is 13.1 Å². The number of ketones is 1. The maximum absolute atomic E-state index is 12.3. The second kappa shape index (κ2) is 20.3. The number of alkyl carbamates (subject to hydrolysis) is 1. The number of nitrogens with one attached hydrogen (secondary N) is 4. The molecule has 0 radical (unpaired) electrons. The molecule has 0 bridgehead atoms. The van der Waals surface area contributed by atoms with Crippen LogP contribution >= 0.6 is 0 Å². The Balaban J connectivity index is 0.000000524. The molecule has 3 rings (SSSR count). The SMILES string of the molecule is CCC.CCCNC1=NCCN1.O=C(CF)CNC(=O)C1CCCN1C(=O)CNC(=O)OCc1ccccc1. The van der Waals surface area contributed by atoms with Crippen LogP contribution in [0.5, 0.6) is 0 Å². The second-order valence-electron chi connectivity index (χ2n) is 8.84. The molecule has 0 spiro atoms. The van der Waals surface area contributed by atoms with Crippen molar-refractivity contribution in [1.29, 1.82) is 0 Å². The highest BCUT2D eigenvalue weighted by Gasteiger charge is 2.34. The van der Waals surface area contributed by atoms with Gasteiger partial charge in [-0.05, 0) is 24.8 Å². The Hall–Kier alpha value is -3.70. The fourth-order valence-corrected chi connectivity index (χ4v) is 3.47. The normalized spacial score (nSPS) is 15.3. The first-order valence-electron chi connectivity index (χ1n) is 13.5. The minimum atomic E-state index is -1.15. The Morgan fingerprint density at radius 1 is 1.10 bits per heavy atom. The zero-order valence-electron chi connectivity index (χ0n) is 23.3. The lowest BCUT2D eigenvalue weighted by atomic mass is 10.2. The van der Waals surface area contributed by atoms with Gasteiger partial charge in [-0.15, -0.1) is 0 Å². The predicted octanol–water partition coefficient (Wildman–Crippen LogP) is 1.92. The van der Waals surface area contributed by atoms with Gasteiger partial charge in [0.15, 0.2) is 11.7 Å². The Bertz CT molecular complexity index is 915. The van der Waals surface area contributed by atoms with Gasteiger partial charge in [-0.25, -0.2) is 9.18 Å². The molecular weight excluding hydrogens is 507 g/mol. The van der Waals surface area contributed by atoms with Crippen molar-refractivity contribution in [2.24, 2.45) is 4.99 Å². The number of hydrogen-bond acceptors (Lipinski definition) is 8. The van der Waals surface area contributed by atoms with Crippen molar-refractivity contribution in [1.82, 2.24) is 26.2 Å². The van der Waals surface area contributed by atoms with E-state index in [4.69, 9.17) is 4.74 Å². The summed E-state index contributed by atoms with van der Waals surface area (Å²) in [7, 11) is 0. The van der Waals surface area contributed by atoms with Crippen LogP contribution < -0.4 is 21.3 Å². The number of carbonyl (C=O) groups excluding carboxylic acids is 4. The first kappa shape index (κ1) is 33.3. The molecule has 0 aliphatic carbocycles. The maximum atomic E-state index is 12.3. The van der Waals surface area contributed by atoms with Crippen molar-refractivity contribution in [3.63, 3.8) is 0 Å². The van der Waals surface area contributed by atoms with Crippen molar-refractivity contribution < 1.29 is 28.3 Å². The Morgan fingerprint density at radius 3 is 2.44 bits per heavy atom. The molecule has 2 heterocycles. The molecule has 1 aromatic carbocycles. The molecule has 0 saturated carbocycles. The van der Waals surface area contributed by atoms with E-state index in [1.165, 1.54) is 11.3 Å². The summed E-state index contributed by atoms with van der Waals surface area (Å²) in [5.74, 6) is -0.700. The molecule has 1 aromatic rings. The summed E-state index contributed by atoms with van der Waals surface area (Å²) >= 11 is 0. The monoisotopic (exact) mass is 550 g/mol. The summed E-state index contributed by atoms with van der Waals surface area (Å²) in [5.41, 5.74) is 0.818. The molecule has 12 heteroatoms. The molecule has 3 amide bonds. The maximum Gasteiger partial charge on any atom is 0.407 e. The average molecular weight is 551 g/mol. The lowest BCUT2D eigenvalue weighted by Gasteiger charge is -2.23. The largest absolute Gasteiger partial charge is 0.445 e. The van der Waals surface area contributed by atoms with Crippen molar-refractivity contribution in [2.75, 3.05) is 45.9 Å². The minimum Gasteiger partial charge on any atom is -0.445 e. The number of carbonyl (C=O) groups is 4. The number of benzene rings is 1. The number of halogens is 1. The van der Waals surface area contributed by atoms with E-state index < -0.39 is 43.0 Å². The van der Waals surface area contributed by atoms with Crippen molar-refractivity contribution >= 4 is 29.7 Å². The zero-order valence-corrected chi connectivity index (χ0v) is 23.3. The third kappa shape index (κ3) is 14.1. The summed E-state index contributed by atoms with van der Waals surface area (Å²) in [6.45, 7) is 7.92. The van der Waals surface area contributed by atoms with Gasteiger partial charge in [-0.3, -0.25) is 19.4 Å². The van der Waals surface area contributed by atoms with E-state index in [1.54, 1.807) is 12.1 Å². The van der Waals surface area contributed by atoms with Crippen LogP contribution in [0.1, 0.15) is 52.0 Å². The second-order valence-corrected chi connectivity index (χ2v) is 8.84. The van der Waals surface area contributed by atoms with Gasteiger partial charge >= 0.3 is 6.09 Å². The summed E-state index contributed by atoms with van der Waals surface area (Å²) in [6, 6.07) is 8.36. The van der Waals surface area contributed by atoms with Crippen molar-refractivity contribution in [3.8, 4) is 0 Å². The molecule has 11 nitrogen and oxygen atoms in total. The molecule has 1 unspecified atom stereocenters. The fraction of sp³-hybridized carbons (Fsp3) is 0.593. The zero-order chi connectivity index (χ0) is 28.9. The molecule has 0 aromatic heterocycles. The van der Waals surface area contributed by atoms with Gasteiger partial charge in [0.1, 0.15) is 25.9 Å². The number of rotatable bonds is 10. The highest BCUT2D eigenvalue weighted by molar-refractivity contribution is 5.92. The van der Waals surface area contributed by atoms with E-state index in [-0.39, 0.29) is 13.2 Å². The standard InChI is InChI=1S/C18H22FN3O5.C6H13N3.C3H8/c19-9-14(23)10-20-17(25)15-7-4-8-22(15)16(24)11-21-18(26)27-12-13-5-2-1-3-6-13;1-2-3-7-6-8-4-5-9-6;1-3-2/h1-3,5-6,15H,4,7-12H2,(H,20,25)(H,21,26);2-5H2,1H3,(H2,7,8,9);3H2,1-2H3. The quantitative estimate of drug-likeness (QED) is 0.349. The predicted molar refractivity (Wildman–Crippen MR) is 148 cm³/mol. The van der Waals surface area contributed by atoms with E-state index in [0.29, 0.717) is 19.4 Å². The van der Waals surface area contributed by atoms with Gasteiger partial charge in [-0.1, -0.05) is 57.5 Å². The van der Waals surface area contributed by atoms with Crippen LogP contribution in [0.3, 0.4) is 0 Å². The first-order chi connectivity index (χ1) is 18.9. The van der Waals surface area contributed by atoms with Crippen molar-refractivity contribution in [3.05, 3.63) is 35.9 Å². The van der Waals surface area contributed by atoms with Gasteiger partial charge < -0.3 is 30.9 Å². The van der Waals surface area contributed by atoms with E-state index in [2.05, 4.69) is 47.0 Å².